The van der Waals surface area contributed by atoms with Crippen LogP contribution >= 0.6 is 0 Å². The van der Waals surface area contributed by atoms with Crippen molar-refractivity contribution in [3.63, 3.8) is 0 Å². The highest BCUT2D eigenvalue weighted by molar-refractivity contribution is 5.72. The summed E-state index contributed by atoms with van der Waals surface area (Å²) in [6, 6.07) is 28.7. The molecule has 6 rings (SSSR count). The van der Waals surface area contributed by atoms with E-state index in [4.69, 9.17) is 0 Å². The van der Waals surface area contributed by atoms with Crippen LogP contribution in [0.25, 0.3) is 44.5 Å². The van der Waals surface area contributed by atoms with Crippen LogP contribution in [0.4, 0.5) is 30.7 Å². The first-order chi connectivity index (χ1) is 23.5. The third-order valence-corrected chi connectivity index (χ3v) is 8.35. The Morgan fingerprint density at radius 3 is 1.14 bits per heavy atom. The molecule has 250 valence electrons. The lowest BCUT2D eigenvalue weighted by Crippen LogP contribution is -1.94. The van der Waals surface area contributed by atoms with Gasteiger partial charge in [0.25, 0.3) is 0 Å². The maximum absolute atomic E-state index is 14.5. The second-order valence-electron chi connectivity index (χ2n) is 11.7. The fourth-order valence-corrected chi connectivity index (χ4v) is 5.45. The van der Waals surface area contributed by atoms with E-state index >= 15 is 0 Å². The molecule has 49 heavy (non-hydrogen) atoms. The predicted molar refractivity (Wildman–Crippen MR) is 182 cm³/mol. The van der Waals surface area contributed by atoms with E-state index in [9.17, 15) is 30.7 Å². The Balaban J connectivity index is 0.000000191. The summed E-state index contributed by atoms with van der Waals surface area (Å²) >= 11 is 0. The van der Waals surface area contributed by atoms with Crippen molar-refractivity contribution < 1.29 is 30.7 Å². The fourth-order valence-electron chi connectivity index (χ4n) is 5.45. The molecule has 0 aliphatic rings. The topological polar surface area (TPSA) is 0 Å². The van der Waals surface area contributed by atoms with Crippen molar-refractivity contribution in [1.29, 1.82) is 0 Å². The van der Waals surface area contributed by atoms with Crippen molar-refractivity contribution in [2.75, 3.05) is 0 Å². The van der Waals surface area contributed by atoms with E-state index in [1.165, 1.54) is 36.2 Å². The molecule has 0 amide bonds. The average Bonchev–Trinajstić information content (AvgIpc) is 3.10. The molecule has 0 fully saturated rings. The van der Waals surface area contributed by atoms with Crippen LogP contribution in [-0.4, -0.2) is 0 Å². The molecule has 0 nitrogen and oxygen atoms in total. The number of rotatable bonds is 7. The number of benzene rings is 6. The summed E-state index contributed by atoms with van der Waals surface area (Å²) in [5.74, 6) is -6.73. The van der Waals surface area contributed by atoms with E-state index in [2.05, 4.69) is 6.92 Å². The van der Waals surface area contributed by atoms with Gasteiger partial charge in [0.15, 0.2) is 17.5 Å². The molecule has 0 saturated carbocycles. The number of hydrogen-bond acceptors (Lipinski definition) is 0. The summed E-state index contributed by atoms with van der Waals surface area (Å²) < 4.78 is 96.1. The smallest absolute Gasteiger partial charge is 0.194 e. The van der Waals surface area contributed by atoms with Crippen molar-refractivity contribution >= 4 is 0 Å². The number of hydrogen-bond donors (Lipinski definition) is 0. The lowest BCUT2D eigenvalue weighted by Gasteiger charge is -2.09. The van der Waals surface area contributed by atoms with Crippen LogP contribution in [0.15, 0.2) is 109 Å². The van der Waals surface area contributed by atoms with E-state index in [0.29, 0.717) is 5.56 Å². The molecule has 6 aromatic rings. The SMILES string of the molecule is CCCc1ccc(-c2ccc(-c3cc(F)c(C)c(F)c3)c(F)c2)cc1.CCc1ccc(-c2ccc(-c3cc(F)c(F)c(F)c3)c(F)c2)cc1. The third-order valence-electron chi connectivity index (χ3n) is 8.35. The third kappa shape index (κ3) is 8.11. The van der Waals surface area contributed by atoms with E-state index < -0.39 is 40.7 Å². The largest absolute Gasteiger partial charge is 0.207 e. The summed E-state index contributed by atoms with van der Waals surface area (Å²) in [7, 11) is 0. The minimum atomic E-state index is -1.56. The summed E-state index contributed by atoms with van der Waals surface area (Å²) in [5, 5.41) is 0. The molecular formula is C42H33F7. The summed E-state index contributed by atoms with van der Waals surface area (Å²) in [6.07, 6.45) is 3.00. The van der Waals surface area contributed by atoms with Crippen molar-refractivity contribution in [2.24, 2.45) is 0 Å². The van der Waals surface area contributed by atoms with Gasteiger partial charge in [-0.1, -0.05) is 93.1 Å². The summed E-state index contributed by atoms with van der Waals surface area (Å²) in [4.78, 5) is 0. The maximum Gasteiger partial charge on any atom is 0.194 e. The van der Waals surface area contributed by atoms with Gasteiger partial charge in [-0.15, -0.1) is 0 Å². The van der Waals surface area contributed by atoms with Crippen LogP contribution in [-0.2, 0) is 12.8 Å². The molecule has 0 spiro atoms. The van der Waals surface area contributed by atoms with E-state index in [-0.39, 0.29) is 27.8 Å². The normalized spacial score (nSPS) is 10.9. The molecule has 0 bridgehead atoms. The van der Waals surface area contributed by atoms with Crippen molar-refractivity contribution in [2.45, 2.75) is 40.0 Å². The minimum absolute atomic E-state index is 0.0155. The van der Waals surface area contributed by atoms with Crippen LogP contribution in [0.2, 0.25) is 0 Å². The Kier molecular flexibility index (Phi) is 11.0. The molecule has 6 aromatic carbocycles. The highest BCUT2D eigenvalue weighted by atomic mass is 19.2. The summed E-state index contributed by atoms with van der Waals surface area (Å²) in [6.45, 7) is 5.53. The van der Waals surface area contributed by atoms with E-state index in [1.54, 1.807) is 18.2 Å². The molecule has 0 aliphatic heterocycles. The Labute approximate surface area is 281 Å². The molecule has 0 aliphatic carbocycles. The molecule has 0 radical (unpaired) electrons. The van der Waals surface area contributed by atoms with Crippen molar-refractivity contribution in [3.05, 3.63) is 167 Å². The van der Waals surface area contributed by atoms with Crippen molar-refractivity contribution in [1.82, 2.24) is 0 Å². The van der Waals surface area contributed by atoms with Crippen LogP contribution in [0.5, 0.6) is 0 Å². The van der Waals surface area contributed by atoms with Gasteiger partial charge in [0.2, 0.25) is 0 Å². The van der Waals surface area contributed by atoms with Gasteiger partial charge < -0.3 is 0 Å². The first kappa shape index (κ1) is 35.1. The zero-order valence-corrected chi connectivity index (χ0v) is 27.2. The van der Waals surface area contributed by atoms with Gasteiger partial charge in [-0.25, -0.2) is 30.7 Å². The first-order valence-corrected chi connectivity index (χ1v) is 15.9. The monoisotopic (exact) mass is 670 g/mol. The van der Waals surface area contributed by atoms with Gasteiger partial charge in [-0.2, -0.15) is 0 Å². The molecule has 0 atom stereocenters. The van der Waals surface area contributed by atoms with Crippen LogP contribution in [0.1, 0.15) is 37.0 Å². The fraction of sp³-hybridized carbons (Fsp3) is 0.143. The Morgan fingerprint density at radius 2 is 0.755 bits per heavy atom. The molecule has 0 saturated heterocycles. The molecule has 7 heteroatoms. The lowest BCUT2D eigenvalue weighted by molar-refractivity contribution is 0.447. The first-order valence-electron chi connectivity index (χ1n) is 15.9. The predicted octanol–water partition coefficient (Wildman–Crippen LogP) is 12.8. The number of halogens is 7. The Morgan fingerprint density at radius 1 is 0.388 bits per heavy atom. The second kappa shape index (κ2) is 15.4. The van der Waals surface area contributed by atoms with Gasteiger partial charge in [-0.05, 0) is 101 Å². The highest BCUT2D eigenvalue weighted by Crippen LogP contribution is 2.32. The maximum atomic E-state index is 14.5. The van der Waals surface area contributed by atoms with Gasteiger partial charge in [0.05, 0.1) is 0 Å². The standard InChI is InChI=1S/C22H19F3.C20H14F4/c1-3-4-15-5-7-16(8-6-15)17-9-10-19(22(25)11-17)18-12-20(23)14(2)21(24)13-18;1-2-12-3-5-13(6-4-12)14-7-8-16(17(21)9-14)15-10-18(22)20(24)19(23)11-15/h5-13H,3-4H2,1-2H3;3-11H,2H2,1H3. The van der Waals surface area contributed by atoms with Gasteiger partial charge >= 0.3 is 0 Å². The van der Waals surface area contributed by atoms with Crippen LogP contribution in [0, 0.1) is 47.6 Å². The molecular weight excluding hydrogens is 637 g/mol. The molecule has 0 heterocycles. The average molecular weight is 671 g/mol. The molecule has 0 unspecified atom stereocenters. The Bertz CT molecular complexity index is 2040. The minimum Gasteiger partial charge on any atom is -0.207 e. The van der Waals surface area contributed by atoms with E-state index in [0.717, 1.165) is 60.2 Å². The number of aryl methyl sites for hydroxylation is 2. The Hall–Kier alpha value is -5.17. The van der Waals surface area contributed by atoms with Crippen molar-refractivity contribution in [3.8, 4) is 44.5 Å². The van der Waals surface area contributed by atoms with Gasteiger partial charge in [0.1, 0.15) is 23.3 Å². The van der Waals surface area contributed by atoms with Gasteiger partial charge in [0, 0.05) is 16.7 Å². The van der Waals surface area contributed by atoms with Gasteiger partial charge in [-0.3, -0.25) is 0 Å². The zero-order chi connectivity index (χ0) is 35.2. The highest BCUT2D eigenvalue weighted by Gasteiger charge is 2.15. The van der Waals surface area contributed by atoms with Crippen LogP contribution in [0.3, 0.4) is 0 Å². The molecule has 0 aromatic heterocycles. The second-order valence-corrected chi connectivity index (χ2v) is 11.7. The summed E-state index contributed by atoms with van der Waals surface area (Å²) in [5.41, 5.74) is 5.85. The zero-order valence-electron chi connectivity index (χ0n) is 27.2. The van der Waals surface area contributed by atoms with E-state index in [1.807, 2.05) is 55.5 Å². The lowest BCUT2D eigenvalue weighted by atomic mass is 9.97. The van der Waals surface area contributed by atoms with Crippen LogP contribution < -0.4 is 0 Å². The molecule has 0 N–H and O–H groups in total. The quantitative estimate of drug-likeness (QED) is 0.117.